The van der Waals surface area contributed by atoms with Gasteiger partial charge in [0.05, 0.1) is 0 Å². The van der Waals surface area contributed by atoms with Gasteiger partial charge in [-0.2, -0.15) is 0 Å². The zero-order chi connectivity index (χ0) is 9.35. The predicted octanol–water partition coefficient (Wildman–Crippen LogP) is 2.00. The molecule has 1 aliphatic carbocycles. The van der Waals surface area contributed by atoms with Gasteiger partial charge in [-0.15, -0.1) is 0 Å². The van der Waals surface area contributed by atoms with Gasteiger partial charge in [0.25, 0.3) is 0 Å². The third-order valence-corrected chi connectivity index (χ3v) is 4.08. The minimum atomic E-state index is -1.46. The number of amides is 1. The van der Waals surface area contributed by atoms with E-state index in [1.54, 1.807) is 0 Å². The molecule has 2 nitrogen and oxygen atoms in total. The van der Waals surface area contributed by atoms with E-state index in [1.165, 1.54) is 18.9 Å². The van der Waals surface area contributed by atoms with Gasteiger partial charge in [0.1, 0.15) is 0 Å². The van der Waals surface area contributed by atoms with E-state index in [0.29, 0.717) is 6.04 Å². The second-order valence-electron chi connectivity index (χ2n) is 4.31. The smallest absolute Gasteiger partial charge is 0.238 e. The summed E-state index contributed by atoms with van der Waals surface area (Å²) >= 11 is 0. The number of carbonyl (C=O) groups is 1. The first-order valence-electron chi connectivity index (χ1n) is 4.42. The Labute approximate surface area is 75.3 Å². The average Bonchev–Trinajstić information content (AvgIpc) is 2.68. The summed E-state index contributed by atoms with van der Waals surface area (Å²) in [5.74, 6) is 0.122. The molecular weight excluding hydrogens is 166 g/mol. The van der Waals surface area contributed by atoms with E-state index in [9.17, 15) is 4.79 Å². The van der Waals surface area contributed by atoms with Crippen LogP contribution in [-0.2, 0) is 4.79 Å². The highest BCUT2D eigenvalue weighted by molar-refractivity contribution is 6.75. The molecule has 1 amide bonds. The van der Waals surface area contributed by atoms with Gasteiger partial charge in [-0.1, -0.05) is 26.2 Å². The Balaban J connectivity index is 2.73. The normalized spacial score (nSPS) is 17.2. The maximum absolute atomic E-state index is 11.5. The second-order valence-corrected chi connectivity index (χ2v) is 9.14. The molecule has 0 aromatic rings. The molecule has 0 radical (unpaired) electrons. The lowest BCUT2D eigenvalue weighted by Crippen LogP contribution is -2.50. The van der Waals surface area contributed by atoms with E-state index in [0.717, 1.165) is 0 Å². The molecule has 1 fully saturated rings. The highest BCUT2D eigenvalue weighted by Gasteiger charge is 2.38. The topological polar surface area (TPSA) is 20.3 Å². The fraction of sp³-hybridized carbons (Fsp3) is 0.667. The molecule has 1 aliphatic rings. The number of hydrogen-bond donors (Lipinski definition) is 0. The minimum absolute atomic E-state index is 0.122. The van der Waals surface area contributed by atoms with E-state index >= 15 is 0 Å². The van der Waals surface area contributed by atoms with Gasteiger partial charge in [-0.25, -0.2) is 0 Å². The van der Waals surface area contributed by atoms with Crippen LogP contribution in [0, 0.1) is 0 Å². The van der Waals surface area contributed by atoms with Gasteiger partial charge in [-0.05, 0) is 18.9 Å². The SMILES string of the molecule is C=CC(=O)N(C1CC1)[Si](C)(C)C. The molecule has 0 bridgehead atoms. The van der Waals surface area contributed by atoms with Crippen LogP contribution in [0.2, 0.25) is 19.6 Å². The van der Waals surface area contributed by atoms with Crippen molar-refractivity contribution in [2.75, 3.05) is 0 Å². The van der Waals surface area contributed by atoms with Crippen LogP contribution in [0.5, 0.6) is 0 Å². The van der Waals surface area contributed by atoms with Crippen molar-refractivity contribution in [3.05, 3.63) is 12.7 Å². The van der Waals surface area contributed by atoms with E-state index in [1.807, 2.05) is 0 Å². The van der Waals surface area contributed by atoms with Crippen LogP contribution in [0.3, 0.4) is 0 Å². The first kappa shape index (κ1) is 9.51. The van der Waals surface area contributed by atoms with Gasteiger partial charge in [0, 0.05) is 6.04 Å². The number of rotatable bonds is 3. The van der Waals surface area contributed by atoms with Crippen LogP contribution >= 0.6 is 0 Å². The molecule has 0 aromatic carbocycles. The highest BCUT2D eigenvalue weighted by Crippen LogP contribution is 2.31. The van der Waals surface area contributed by atoms with Crippen molar-refractivity contribution in [1.82, 2.24) is 4.57 Å². The van der Waals surface area contributed by atoms with Crippen LogP contribution in [0.15, 0.2) is 12.7 Å². The van der Waals surface area contributed by atoms with Crippen molar-refractivity contribution in [3.8, 4) is 0 Å². The zero-order valence-corrected chi connectivity index (χ0v) is 9.13. The van der Waals surface area contributed by atoms with Gasteiger partial charge in [-0.3, -0.25) is 4.79 Å². The van der Waals surface area contributed by atoms with Crippen LogP contribution < -0.4 is 0 Å². The largest absolute Gasteiger partial charge is 0.364 e. The standard InChI is InChI=1S/C9H17NOSi/c1-5-9(11)10(8-6-7-8)12(2,3)4/h5,8H,1,6-7H2,2-4H3. The Kier molecular flexibility index (Phi) is 2.42. The third-order valence-electron chi connectivity index (χ3n) is 2.05. The van der Waals surface area contributed by atoms with Gasteiger partial charge < -0.3 is 4.57 Å². The molecule has 3 heteroatoms. The summed E-state index contributed by atoms with van der Waals surface area (Å²) in [5, 5.41) is 0. The lowest BCUT2D eigenvalue weighted by molar-refractivity contribution is -0.122. The van der Waals surface area contributed by atoms with Gasteiger partial charge in [0.2, 0.25) is 5.91 Å². The molecular formula is C9H17NOSi. The van der Waals surface area contributed by atoms with Crippen molar-refractivity contribution in [3.63, 3.8) is 0 Å². The average molecular weight is 183 g/mol. The van der Waals surface area contributed by atoms with Crippen LogP contribution in [-0.4, -0.2) is 24.7 Å². The van der Waals surface area contributed by atoms with E-state index < -0.39 is 8.24 Å². The van der Waals surface area contributed by atoms with E-state index in [4.69, 9.17) is 0 Å². The highest BCUT2D eigenvalue weighted by atomic mass is 28.3. The van der Waals surface area contributed by atoms with Crippen molar-refractivity contribution < 1.29 is 4.79 Å². The molecule has 0 saturated heterocycles. The number of hydrogen-bond acceptors (Lipinski definition) is 1. The fourth-order valence-electron chi connectivity index (χ4n) is 1.49. The molecule has 12 heavy (non-hydrogen) atoms. The molecule has 0 spiro atoms. The summed E-state index contributed by atoms with van der Waals surface area (Å²) in [4.78, 5) is 11.5. The first-order valence-corrected chi connectivity index (χ1v) is 7.87. The number of carbonyl (C=O) groups excluding carboxylic acids is 1. The molecule has 0 unspecified atom stereocenters. The van der Waals surface area contributed by atoms with Crippen molar-refractivity contribution in [2.45, 2.75) is 38.5 Å². The molecule has 0 aromatic heterocycles. The second kappa shape index (κ2) is 3.05. The zero-order valence-electron chi connectivity index (χ0n) is 8.13. The lowest BCUT2D eigenvalue weighted by Gasteiger charge is -2.33. The minimum Gasteiger partial charge on any atom is -0.364 e. The molecule has 0 N–H and O–H groups in total. The van der Waals surface area contributed by atoms with E-state index in [2.05, 4.69) is 30.8 Å². The fourth-order valence-corrected chi connectivity index (χ4v) is 3.60. The summed E-state index contributed by atoms with van der Waals surface area (Å²) in [6.45, 7) is 10.1. The molecule has 0 atom stereocenters. The van der Waals surface area contributed by atoms with Crippen molar-refractivity contribution >= 4 is 14.1 Å². The van der Waals surface area contributed by atoms with Gasteiger partial charge in [0.15, 0.2) is 8.24 Å². The van der Waals surface area contributed by atoms with Crippen LogP contribution in [0.4, 0.5) is 0 Å². The Hall–Kier alpha value is -0.573. The quantitative estimate of drug-likeness (QED) is 0.484. The third kappa shape index (κ3) is 1.97. The first-order chi connectivity index (χ1) is 5.46. The Morgan fingerprint density at radius 2 is 2.00 bits per heavy atom. The molecule has 68 valence electrons. The van der Waals surface area contributed by atoms with Crippen LogP contribution in [0.25, 0.3) is 0 Å². The summed E-state index contributed by atoms with van der Waals surface area (Å²) in [7, 11) is -1.46. The van der Waals surface area contributed by atoms with Gasteiger partial charge >= 0.3 is 0 Å². The predicted molar refractivity (Wildman–Crippen MR) is 53.4 cm³/mol. The Morgan fingerprint density at radius 1 is 1.50 bits per heavy atom. The Bertz CT molecular complexity index is 203. The molecule has 0 heterocycles. The van der Waals surface area contributed by atoms with Crippen LogP contribution in [0.1, 0.15) is 12.8 Å². The summed E-state index contributed by atoms with van der Waals surface area (Å²) in [6, 6.07) is 0.530. The number of nitrogens with zero attached hydrogens (tertiary/aromatic N) is 1. The summed E-state index contributed by atoms with van der Waals surface area (Å²) < 4.78 is 2.07. The van der Waals surface area contributed by atoms with Crippen molar-refractivity contribution in [2.24, 2.45) is 0 Å². The maximum atomic E-state index is 11.5. The maximum Gasteiger partial charge on any atom is 0.238 e. The molecule has 1 saturated carbocycles. The summed E-state index contributed by atoms with van der Waals surface area (Å²) in [5.41, 5.74) is 0. The monoisotopic (exact) mass is 183 g/mol. The molecule has 1 rings (SSSR count). The lowest BCUT2D eigenvalue weighted by atomic mass is 10.5. The molecule has 0 aliphatic heterocycles. The summed E-state index contributed by atoms with van der Waals surface area (Å²) in [6.07, 6.45) is 3.81. The van der Waals surface area contributed by atoms with E-state index in [-0.39, 0.29) is 5.91 Å². The van der Waals surface area contributed by atoms with Crippen molar-refractivity contribution in [1.29, 1.82) is 0 Å². The Morgan fingerprint density at radius 3 is 2.25 bits per heavy atom.